The highest BCUT2D eigenvalue weighted by molar-refractivity contribution is 9.10. The van der Waals surface area contributed by atoms with E-state index >= 15 is 0 Å². The van der Waals surface area contributed by atoms with Crippen LogP contribution in [0.5, 0.6) is 5.75 Å². The van der Waals surface area contributed by atoms with Crippen LogP contribution >= 0.6 is 15.9 Å². The van der Waals surface area contributed by atoms with Crippen LogP contribution < -0.4 is 4.74 Å². The molecular formula is C14H14BrNO. The lowest BCUT2D eigenvalue weighted by Gasteiger charge is -2.13. The number of rotatable bonds is 3. The molecule has 17 heavy (non-hydrogen) atoms. The molecule has 0 aliphatic heterocycles. The lowest BCUT2D eigenvalue weighted by molar-refractivity contribution is 0.243. The number of para-hydroxylation sites is 1. The molecule has 3 heteroatoms. The molecule has 0 saturated carbocycles. The average Bonchev–Trinajstić information content (AvgIpc) is 2.29. The minimum absolute atomic E-state index is 0.156. The van der Waals surface area contributed by atoms with Crippen molar-refractivity contribution in [2.45, 2.75) is 20.0 Å². The molecule has 88 valence electrons. The van der Waals surface area contributed by atoms with Crippen LogP contribution in [-0.4, -0.2) is 11.1 Å². The summed E-state index contributed by atoms with van der Waals surface area (Å²) in [6.07, 6.45) is 0.156. The molecule has 0 aliphatic rings. The van der Waals surface area contributed by atoms with Crippen molar-refractivity contribution in [3.63, 3.8) is 0 Å². The molecule has 0 aliphatic carbocycles. The highest BCUT2D eigenvalue weighted by Crippen LogP contribution is 2.29. The maximum Gasteiger partial charge on any atom is 0.129 e. The number of aromatic nitrogens is 1. The van der Waals surface area contributed by atoms with Gasteiger partial charge in [0.15, 0.2) is 0 Å². The summed E-state index contributed by atoms with van der Waals surface area (Å²) in [5.41, 5.74) is 1.93. The van der Waals surface area contributed by atoms with Gasteiger partial charge >= 0.3 is 0 Å². The van der Waals surface area contributed by atoms with Crippen molar-refractivity contribution < 1.29 is 4.74 Å². The molecule has 2 rings (SSSR count). The Balaban J connectivity index is 2.44. The zero-order chi connectivity index (χ0) is 12.3. The highest BCUT2D eigenvalue weighted by Gasteiger charge is 2.08. The summed E-state index contributed by atoms with van der Waals surface area (Å²) in [6.45, 7) is 4.04. The van der Waals surface area contributed by atoms with E-state index in [2.05, 4.69) is 20.9 Å². The van der Waals surface area contributed by atoms with E-state index in [0.29, 0.717) is 0 Å². The van der Waals surface area contributed by atoms with E-state index in [9.17, 15) is 0 Å². The van der Waals surface area contributed by atoms with Gasteiger partial charge in [-0.3, -0.25) is 0 Å². The molecule has 0 saturated heterocycles. The van der Waals surface area contributed by atoms with Crippen molar-refractivity contribution >= 4 is 15.9 Å². The number of halogens is 1. The first-order chi connectivity index (χ1) is 8.16. The van der Waals surface area contributed by atoms with Gasteiger partial charge in [0.2, 0.25) is 0 Å². The SMILES string of the molecule is CC(C)Oc1ccccc1-c1cccc(Br)n1. The average molecular weight is 292 g/mol. The summed E-state index contributed by atoms with van der Waals surface area (Å²) in [7, 11) is 0. The molecule has 0 N–H and O–H groups in total. The summed E-state index contributed by atoms with van der Waals surface area (Å²) in [5.74, 6) is 0.869. The van der Waals surface area contributed by atoms with Crippen LogP contribution in [0.3, 0.4) is 0 Å². The van der Waals surface area contributed by atoms with Crippen molar-refractivity contribution in [3.05, 3.63) is 47.1 Å². The molecule has 1 aromatic heterocycles. The summed E-state index contributed by atoms with van der Waals surface area (Å²) in [4.78, 5) is 4.45. The molecule has 2 nitrogen and oxygen atoms in total. The summed E-state index contributed by atoms with van der Waals surface area (Å²) >= 11 is 3.38. The van der Waals surface area contributed by atoms with Crippen LogP contribution in [0.15, 0.2) is 47.1 Å². The van der Waals surface area contributed by atoms with Gasteiger partial charge in [0.05, 0.1) is 11.8 Å². The van der Waals surface area contributed by atoms with E-state index in [-0.39, 0.29) is 6.10 Å². The van der Waals surface area contributed by atoms with Crippen LogP contribution in [0.4, 0.5) is 0 Å². The standard InChI is InChI=1S/C14H14BrNO/c1-10(2)17-13-8-4-3-6-11(13)12-7-5-9-14(15)16-12/h3-10H,1-2H3. The van der Waals surface area contributed by atoms with Gasteiger partial charge in [-0.15, -0.1) is 0 Å². The predicted molar refractivity (Wildman–Crippen MR) is 73.1 cm³/mol. The topological polar surface area (TPSA) is 22.1 Å². The van der Waals surface area contributed by atoms with E-state index in [1.807, 2.05) is 56.3 Å². The van der Waals surface area contributed by atoms with Crippen LogP contribution in [-0.2, 0) is 0 Å². The summed E-state index contributed by atoms with van der Waals surface area (Å²) in [6, 6.07) is 13.8. The maximum atomic E-state index is 5.78. The smallest absolute Gasteiger partial charge is 0.129 e. The van der Waals surface area contributed by atoms with E-state index < -0.39 is 0 Å². The largest absolute Gasteiger partial charge is 0.490 e. The first kappa shape index (κ1) is 12.1. The van der Waals surface area contributed by atoms with Crippen LogP contribution in [0.2, 0.25) is 0 Å². The number of pyridine rings is 1. The molecule has 1 heterocycles. The quantitative estimate of drug-likeness (QED) is 0.787. The van der Waals surface area contributed by atoms with Crippen LogP contribution in [0.25, 0.3) is 11.3 Å². The van der Waals surface area contributed by atoms with Gasteiger partial charge in [-0.25, -0.2) is 4.98 Å². The molecule has 0 amide bonds. The normalized spacial score (nSPS) is 10.6. The Bertz CT molecular complexity index is 511. The Morgan fingerprint density at radius 1 is 1.06 bits per heavy atom. The molecule has 1 aromatic carbocycles. The molecule has 0 bridgehead atoms. The maximum absolute atomic E-state index is 5.78. The molecule has 0 unspecified atom stereocenters. The minimum atomic E-state index is 0.156. The number of nitrogens with zero attached hydrogens (tertiary/aromatic N) is 1. The van der Waals surface area contributed by atoms with Gasteiger partial charge in [-0.05, 0) is 54.0 Å². The minimum Gasteiger partial charge on any atom is -0.490 e. The monoisotopic (exact) mass is 291 g/mol. The Morgan fingerprint density at radius 3 is 2.53 bits per heavy atom. The van der Waals surface area contributed by atoms with Crippen molar-refractivity contribution in [2.24, 2.45) is 0 Å². The third-order valence-corrected chi connectivity index (χ3v) is 2.68. The Hall–Kier alpha value is -1.35. The second-order valence-corrected chi connectivity index (χ2v) is 4.82. The van der Waals surface area contributed by atoms with Crippen LogP contribution in [0.1, 0.15) is 13.8 Å². The fourth-order valence-electron chi connectivity index (χ4n) is 1.59. The van der Waals surface area contributed by atoms with Crippen LogP contribution in [0, 0.1) is 0 Å². The lowest BCUT2D eigenvalue weighted by Crippen LogP contribution is -2.06. The molecule has 2 aromatic rings. The van der Waals surface area contributed by atoms with E-state index in [1.165, 1.54) is 0 Å². The third kappa shape index (κ3) is 3.07. The van der Waals surface area contributed by atoms with Gasteiger partial charge in [0, 0.05) is 5.56 Å². The van der Waals surface area contributed by atoms with E-state index in [1.54, 1.807) is 0 Å². The Kier molecular flexibility index (Phi) is 3.79. The number of benzene rings is 1. The number of ether oxygens (including phenoxy) is 1. The van der Waals surface area contributed by atoms with Gasteiger partial charge in [0.25, 0.3) is 0 Å². The molecule has 0 fully saturated rings. The Labute approximate surface area is 110 Å². The van der Waals surface area contributed by atoms with Gasteiger partial charge in [-0.2, -0.15) is 0 Å². The third-order valence-electron chi connectivity index (χ3n) is 2.24. The fraction of sp³-hybridized carbons (Fsp3) is 0.214. The number of hydrogen-bond donors (Lipinski definition) is 0. The second kappa shape index (κ2) is 5.32. The zero-order valence-electron chi connectivity index (χ0n) is 9.85. The molecular weight excluding hydrogens is 278 g/mol. The fourth-order valence-corrected chi connectivity index (χ4v) is 1.94. The molecule has 0 radical (unpaired) electrons. The Morgan fingerprint density at radius 2 is 1.82 bits per heavy atom. The summed E-state index contributed by atoms with van der Waals surface area (Å²) < 4.78 is 6.61. The van der Waals surface area contributed by atoms with Gasteiger partial charge in [0.1, 0.15) is 10.4 Å². The lowest BCUT2D eigenvalue weighted by atomic mass is 10.1. The number of hydrogen-bond acceptors (Lipinski definition) is 2. The second-order valence-electron chi connectivity index (χ2n) is 4.01. The molecule has 0 spiro atoms. The van der Waals surface area contributed by atoms with E-state index in [4.69, 9.17) is 4.74 Å². The summed E-state index contributed by atoms with van der Waals surface area (Å²) in [5, 5.41) is 0. The van der Waals surface area contributed by atoms with Gasteiger partial charge in [-0.1, -0.05) is 18.2 Å². The van der Waals surface area contributed by atoms with Crippen molar-refractivity contribution in [2.75, 3.05) is 0 Å². The van der Waals surface area contributed by atoms with E-state index in [0.717, 1.165) is 21.6 Å². The van der Waals surface area contributed by atoms with Crippen molar-refractivity contribution in [1.82, 2.24) is 4.98 Å². The predicted octanol–water partition coefficient (Wildman–Crippen LogP) is 4.30. The first-order valence-electron chi connectivity index (χ1n) is 5.55. The molecule has 0 atom stereocenters. The van der Waals surface area contributed by atoms with Crippen molar-refractivity contribution in [3.8, 4) is 17.0 Å². The first-order valence-corrected chi connectivity index (χ1v) is 6.35. The highest BCUT2D eigenvalue weighted by atomic mass is 79.9. The zero-order valence-corrected chi connectivity index (χ0v) is 11.4. The van der Waals surface area contributed by atoms with Gasteiger partial charge < -0.3 is 4.74 Å². The van der Waals surface area contributed by atoms with Crippen molar-refractivity contribution in [1.29, 1.82) is 0 Å².